The highest BCUT2D eigenvalue weighted by Crippen LogP contribution is 2.49. The standard InChI is InChI=1S/C16H16I2O2/c17-10-6-12(18)15-14(7-10)20-13-5-9-3-1-2-8(9)4-11(13)16(15)19/h6-9,11,13H,1-5H2. The van der Waals surface area contributed by atoms with Crippen molar-refractivity contribution in [3.63, 3.8) is 0 Å². The number of ketones is 1. The first kappa shape index (κ1) is 13.8. The van der Waals surface area contributed by atoms with Crippen LogP contribution < -0.4 is 4.74 Å². The van der Waals surface area contributed by atoms with E-state index in [4.69, 9.17) is 4.74 Å². The van der Waals surface area contributed by atoms with E-state index in [1.807, 2.05) is 6.07 Å². The minimum absolute atomic E-state index is 0.107. The summed E-state index contributed by atoms with van der Waals surface area (Å²) in [6.07, 6.45) is 6.26. The Balaban J connectivity index is 1.73. The van der Waals surface area contributed by atoms with Crippen LogP contribution in [0.4, 0.5) is 0 Å². The second-order valence-electron chi connectivity index (χ2n) is 6.31. The zero-order chi connectivity index (χ0) is 13.9. The first-order valence-corrected chi connectivity index (χ1v) is 9.49. The third-order valence-corrected chi connectivity index (χ3v) is 6.71. The number of fused-ring (bicyclic) bond motifs is 3. The zero-order valence-electron chi connectivity index (χ0n) is 11.1. The van der Waals surface area contributed by atoms with Crippen molar-refractivity contribution in [2.75, 3.05) is 0 Å². The maximum absolute atomic E-state index is 12.9. The summed E-state index contributed by atoms with van der Waals surface area (Å²) in [5, 5.41) is 0. The summed E-state index contributed by atoms with van der Waals surface area (Å²) in [5.41, 5.74) is 0.837. The molecule has 0 saturated heterocycles. The lowest BCUT2D eigenvalue weighted by atomic mass is 9.70. The van der Waals surface area contributed by atoms with Crippen molar-refractivity contribution in [3.8, 4) is 5.75 Å². The molecule has 0 N–H and O–H groups in total. The van der Waals surface area contributed by atoms with E-state index in [1.165, 1.54) is 19.3 Å². The van der Waals surface area contributed by atoms with Crippen LogP contribution in [0.1, 0.15) is 42.5 Å². The molecule has 0 radical (unpaired) electrons. The summed E-state index contributed by atoms with van der Waals surface area (Å²) in [7, 11) is 0. The van der Waals surface area contributed by atoms with Gasteiger partial charge < -0.3 is 4.74 Å². The molecule has 0 spiro atoms. The molecular weight excluding hydrogens is 478 g/mol. The Bertz CT molecular complexity index is 584. The smallest absolute Gasteiger partial charge is 0.174 e. The van der Waals surface area contributed by atoms with Crippen LogP contribution in [0, 0.1) is 24.9 Å². The Morgan fingerprint density at radius 3 is 2.65 bits per heavy atom. The van der Waals surface area contributed by atoms with E-state index in [0.29, 0.717) is 5.78 Å². The average molecular weight is 494 g/mol. The largest absolute Gasteiger partial charge is 0.489 e. The number of ether oxygens (including phenoxy) is 1. The number of benzene rings is 1. The number of halogens is 2. The summed E-state index contributed by atoms with van der Waals surface area (Å²) in [5.74, 6) is 2.83. The average Bonchev–Trinajstić information content (AvgIpc) is 2.83. The van der Waals surface area contributed by atoms with Gasteiger partial charge in [-0.05, 0) is 82.0 Å². The molecule has 4 heteroatoms. The molecule has 1 aromatic rings. The monoisotopic (exact) mass is 494 g/mol. The number of carbonyl (C=O) groups excluding carboxylic acids is 1. The molecule has 20 heavy (non-hydrogen) atoms. The summed E-state index contributed by atoms with van der Waals surface area (Å²) < 4.78 is 8.43. The van der Waals surface area contributed by atoms with Gasteiger partial charge in [0.1, 0.15) is 11.9 Å². The van der Waals surface area contributed by atoms with E-state index < -0.39 is 0 Å². The minimum atomic E-state index is 0.107. The van der Waals surface area contributed by atoms with E-state index in [-0.39, 0.29) is 12.0 Å². The number of carbonyl (C=O) groups is 1. The number of Topliss-reactive ketones (excluding diaryl/α,β-unsaturated/α-hetero) is 1. The molecule has 2 saturated carbocycles. The number of hydrogen-bond donors (Lipinski definition) is 0. The molecule has 1 aliphatic heterocycles. The van der Waals surface area contributed by atoms with Crippen LogP contribution in [0.3, 0.4) is 0 Å². The SMILES string of the molecule is O=C1c2c(I)cc(I)cc2OC2CC3CCCC3CC12. The van der Waals surface area contributed by atoms with Gasteiger partial charge in [-0.3, -0.25) is 4.79 Å². The van der Waals surface area contributed by atoms with Crippen molar-refractivity contribution in [2.45, 2.75) is 38.2 Å². The van der Waals surface area contributed by atoms with E-state index >= 15 is 0 Å². The predicted octanol–water partition coefficient (Wildman–Crippen LogP) is 4.67. The topological polar surface area (TPSA) is 26.3 Å². The Hall–Kier alpha value is 0.150. The van der Waals surface area contributed by atoms with Crippen molar-refractivity contribution < 1.29 is 9.53 Å². The van der Waals surface area contributed by atoms with Gasteiger partial charge in [0, 0.05) is 7.14 Å². The molecule has 0 aromatic heterocycles. The molecule has 4 atom stereocenters. The fourth-order valence-corrected chi connectivity index (χ4v) is 6.37. The van der Waals surface area contributed by atoms with Crippen molar-refractivity contribution >= 4 is 51.0 Å². The molecular formula is C16H16I2O2. The van der Waals surface area contributed by atoms with Crippen LogP contribution >= 0.6 is 45.2 Å². The van der Waals surface area contributed by atoms with E-state index in [0.717, 1.165) is 43.1 Å². The number of hydrogen-bond acceptors (Lipinski definition) is 2. The van der Waals surface area contributed by atoms with Crippen molar-refractivity contribution in [1.82, 2.24) is 0 Å². The zero-order valence-corrected chi connectivity index (χ0v) is 15.4. The van der Waals surface area contributed by atoms with Crippen molar-refractivity contribution in [2.24, 2.45) is 17.8 Å². The summed E-state index contributed by atoms with van der Waals surface area (Å²) >= 11 is 4.57. The molecule has 2 aliphatic carbocycles. The second-order valence-corrected chi connectivity index (χ2v) is 8.72. The fraction of sp³-hybridized carbons (Fsp3) is 0.562. The van der Waals surface area contributed by atoms with E-state index in [9.17, 15) is 4.79 Å². The van der Waals surface area contributed by atoms with E-state index in [2.05, 4.69) is 51.2 Å². The first-order chi connectivity index (χ1) is 9.63. The third kappa shape index (κ3) is 2.12. The summed E-state index contributed by atoms with van der Waals surface area (Å²) in [6, 6.07) is 4.09. The van der Waals surface area contributed by atoms with Crippen LogP contribution in [0.2, 0.25) is 0 Å². The highest BCUT2D eigenvalue weighted by atomic mass is 127. The maximum Gasteiger partial charge on any atom is 0.174 e. The molecule has 2 fully saturated rings. The molecule has 106 valence electrons. The molecule has 0 amide bonds. The molecule has 0 bridgehead atoms. The predicted molar refractivity (Wildman–Crippen MR) is 94.2 cm³/mol. The van der Waals surface area contributed by atoms with Gasteiger partial charge in [-0.25, -0.2) is 0 Å². The van der Waals surface area contributed by atoms with E-state index in [1.54, 1.807) is 0 Å². The van der Waals surface area contributed by atoms with Gasteiger partial charge in [0.15, 0.2) is 5.78 Å². The first-order valence-electron chi connectivity index (χ1n) is 7.33. The fourth-order valence-electron chi connectivity index (χ4n) is 4.31. The summed E-state index contributed by atoms with van der Waals surface area (Å²) in [6.45, 7) is 0. The lowest BCUT2D eigenvalue weighted by molar-refractivity contribution is 0.0277. The van der Waals surface area contributed by atoms with Gasteiger partial charge in [-0.15, -0.1) is 0 Å². The highest BCUT2D eigenvalue weighted by molar-refractivity contribution is 14.1. The minimum Gasteiger partial charge on any atom is -0.489 e. The van der Waals surface area contributed by atoms with Crippen molar-refractivity contribution in [3.05, 3.63) is 24.8 Å². The van der Waals surface area contributed by atoms with Gasteiger partial charge >= 0.3 is 0 Å². The van der Waals surface area contributed by atoms with Crippen LogP contribution in [-0.2, 0) is 0 Å². The highest BCUT2D eigenvalue weighted by Gasteiger charge is 2.47. The molecule has 2 nitrogen and oxygen atoms in total. The van der Waals surface area contributed by atoms with Crippen LogP contribution in [0.25, 0.3) is 0 Å². The Morgan fingerprint density at radius 1 is 1.10 bits per heavy atom. The van der Waals surface area contributed by atoms with Gasteiger partial charge in [-0.1, -0.05) is 19.3 Å². The van der Waals surface area contributed by atoms with Gasteiger partial charge in [-0.2, -0.15) is 0 Å². The van der Waals surface area contributed by atoms with Gasteiger partial charge in [0.05, 0.1) is 11.5 Å². The Morgan fingerprint density at radius 2 is 1.85 bits per heavy atom. The maximum atomic E-state index is 12.9. The Labute approximate surface area is 146 Å². The molecule has 1 aromatic carbocycles. The molecule has 1 heterocycles. The van der Waals surface area contributed by atoms with Crippen LogP contribution in [0.5, 0.6) is 5.75 Å². The molecule has 4 rings (SSSR count). The molecule has 3 aliphatic rings. The quantitative estimate of drug-likeness (QED) is 0.491. The van der Waals surface area contributed by atoms with Gasteiger partial charge in [0.25, 0.3) is 0 Å². The van der Waals surface area contributed by atoms with Crippen LogP contribution in [0.15, 0.2) is 12.1 Å². The molecule has 4 unspecified atom stereocenters. The summed E-state index contributed by atoms with van der Waals surface area (Å²) in [4.78, 5) is 12.9. The Kier molecular flexibility index (Phi) is 3.52. The van der Waals surface area contributed by atoms with Crippen molar-refractivity contribution in [1.29, 1.82) is 0 Å². The lowest BCUT2D eigenvalue weighted by Crippen LogP contribution is -2.44. The number of rotatable bonds is 0. The normalized spacial score (nSPS) is 35.0. The lowest BCUT2D eigenvalue weighted by Gasteiger charge is -2.41. The third-order valence-electron chi connectivity index (χ3n) is 5.24. The van der Waals surface area contributed by atoms with Crippen LogP contribution in [-0.4, -0.2) is 11.9 Å². The second kappa shape index (κ2) is 5.11. The van der Waals surface area contributed by atoms with Gasteiger partial charge in [0.2, 0.25) is 0 Å².